The first kappa shape index (κ1) is 19.6. The number of aliphatic hydroxyl groups is 1. The lowest BCUT2D eigenvalue weighted by atomic mass is 9.94. The summed E-state index contributed by atoms with van der Waals surface area (Å²) in [6.45, 7) is 2.22. The topological polar surface area (TPSA) is 40.5 Å². The number of halogens is 2. The minimum atomic E-state index is -0.916. The van der Waals surface area contributed by atoms with Gasteiger partial charge in [-0.25, -0.2) is 4.39 Å². The number of fused-ring (bicyclic) bond motifs is 1. The number of carbonyl (C=O) groups excluding carboxylic acids is 1. The maximum absolute atomic E-state index is 13.6. The second-order valence-electron chi connectivity index (χ2n) is 7.32. The van der Waals surface area contributed by atoms with Crippen molar-refractivity contribution < 1.29 is 14.3 Å². The molecule has 1 heterocycles. The lowest BCUT2D eigenvalue weighted by Crippen LogP contribution is -2.33. The number of aliphatic hydroxyl groups excluding tert-OH is 1. The lowest BCUT2D eigenvalue weighted by molar-refractivity contribution is 0.101. The van der Waals surface area contributed by atoms with Crippen molar-refractivity contribution in [3.05, 3.63) is 88.2 Å². The second-order valence-corrected chi connectivity index (χ2v) is 7.73. The maximum Gasteiger partial charge on any atom is 0.159 e. The Kier molecular flexibility index (Phi) is 5.39. The van der Waals surface area contributed by atoms with Crippen LogP contribution >= 0.6 is 11.6 Å². The Hall–Kier alpha value is -2.69. The van der Waals surface area contributed by atoms with Crippen molar-refractivity contribution in [2.75, 3.05) is 11.4 Å². The Morgan fingerprint density at radius 1 is 1.14 bits per heavy atom. The van der Waals surface area contributed by atoms with E-state index in [4.69, 9.17) is 11.6 Å². The normalized spacial score (nSPS) is 14.4. The van der Waals surface area contributed by atoms with Gasteiger partial charge in [-0.2, -0.15) is 0 Å². The van der Waals surface area contributed by atoms with E-state index in [1.54, 1.807) is 24.3 Å². The van der Waals surface area contributed by atoms with Crippen molar-refractivity contribution in [3.63, 3.8) is 0 Å². The fraction of sp³-hybridized carbons (Fsp3) is 0.208. The van der Waals surface area contributed by atoms with E-state index >= 15 is 0 Å². The summed E-state index contributed by atoms with van der Waals surface area (Å²) in [5.41, 5.74) is 4.90. The highest BCUT2D eigenvalue weighted by Gasteiger charge is 2.24. The highest BCUT2D eigenvalue weighted by Crippen LogP contribution is 2.37. The summed E-state index contributed by atoms with van der Waals surface area (Å²) in [6, 6.07) is 17.3. The zero-order chi connectivity index (χ0) is 20.5. The monoisotopic (exact) mass is 409 g/mol. The summed E-state index contributed by atoms with van der Waals surface area (Å²) in [5, 5.41) is 11.4. The molecule has 0 radical (unpaired) electrons. The summed E-state index contributed by atoms with van der Waals surface area (Å²) in [5.74, 6) is -0.376. The van der Waals surface area contributed by atoms with Crippen LogP contribution in [0, 0.1) is 5.82 Å². The predicted molar refractivity (Wildman–Crippen MR) is 114 cm³/mol. The molecule has 0 saturated heterocycles. The third kappa shape index (κ3) is 3.91. The molecule has 0 aromatic heterocycles. The Balaban J connectivity index is 1.71. The zero-order valence-electron chi connectivity index (χ0n) is 16.0. The van der Waals surface area contributed by atoms with Crippen LogP contribution in [0.4, 0.5) is 10.1 Å². The SMILES string of the molecule is CC(=O)c1ccc(Cl)c(-c2ccc3c(c2)CCCN3C(O)c2cccc(F)c2)c1. The van der Waals surface area contributed by atoms with Crippen LogP contribution in [-0.4, -0.2) is 17.4 Å². The molecule has 4 rings (SSSR count). The third-order valence-corrected chi connectivity index (χ3v) is 5.69. The molecule has 1 aliphatic heterocycles. The molecule has 1 unspecified atom stereocenters. The molecular formula is C24H21ClFNO2. The van der Waals surface area contributed by atoms with E-state index in [0.717, 1.165) is 35.2 Å². The molecule has 0 fully saturated rings. The van der Waals surface area contributed by atoms with Crippen molar-refractivity contribution in [2.24, 2.45) is 0 Å². The first-order chi connectivity index (χ1) is 13.9. The smallest absolute Gasteiger partial charge is 0.159 e. The van der Waals surface area contributed by atoms with Gasteiger partial charge in [0.05, 0.1) is 0 Å². The number of ketones is 1. The number of hydrogen-bond donors (Lipinski definition) is 1. The van der Waals surface area contributed by atoms with Gasteiger partial charge in [0.1, 0.15) is 5.82 Å². The van der Waals surface area contributed by atoms with Gasteiger partial charge in [-0.1, -0.05) is 29.8 Å². The number of anilines is 1. The Morgan fingerprint density at radius 2 is 1.97 bits per heavy atom. The van der Waals surface area contributed by atoms with E-state index in [9.17, 15) is 14.3 Å². The van der Waals surface area contributed by atoms with E-state index < -0.39 is 6.23 Å². The third-order valence-electron chi connectivity index (χ3n) is 5.36. The van der Waals surface area contributed by atoms with Crippen molar-refractivity contribution in [1.29, 1.82) is 0 Å². The minimum absolute atomic E-state index is 0.00901. The second kappa shape index (κ2) is 7.97. The highest BCUT2D eigenvalue weighted by atomic mass is 35.5. The average molecular weight is 410 g/mol. The van der Waals surface area contributed by atoms with Gasteiger partial charge in [-0.05, 0) is 73.4 Å². The number of aryl methyl sites for hydroxylation is 1. The Labute approximate surface area is 174 Å². The van der Waals surface area contributed by atoms with Gasteiger partial charge in [0, 0.05) is 33.9 Å². The summed E-state index contributed by atoms with van der Waals surface area (Å²) in [4.78, 5) is 13.6. The van der Waals surface area contributed by atoms with Gasteiger partial charge in [0.25, 0.3) is 0 Å². The van der Waals surface area contributed by atoms with E-state index in [2.05, 4.69) is 6.07 Å². The van der Waals surface area contributed by atoms with Crippen molar-refractivity contribution >= 4 is 23.1 Å². The number of carbonyl (C=O) groups is 1. The molecule has 0 saturated carbocycles. The van der Waals surface area contributed by atoms with Crippen LogP contribution in [-0.2, 0) is 6.42 Å². The molecular weight excluding hydrogens is 389 g/mol. The van der Waals surface area contributed by atoms with E-state index in [-0.39, 0.29) is 11.6 Å². The number of rotatable bonds is 4. The van der Waals surface area contributed by atoms with Crippen LogP contribution in [0.2, 0.25) is 5.02 Å². The van der Waals surface area contributed by atoms with Gasteiger partial charge in [0.15, 0.2) is 12.0 Å². The van der Waals surface area contributed by atoms with Gasteiger partial charge in [-0.3, -0.25) is 4.79 Å². The largest absolute Gasteiger partial charge is 0.369 e. The van der Waals surface area contributed by atoms with E-state index in [1.807, 2.05) is 23.1 Å². The molecule has 29 heavy (non-hydrogen) atoms. The van der Waals surface area contributed by atoms with Gasteiger partial charge < -0.3 is 10.0 Å². The van der Waals surface area contributed by atoms with Crippen LogP contribution in [0.3, 0.4) is 0 Å². The molecule has 0 spiro atoms. The Bertz CT molecular complexity index is 1080. The first-order valence-corrected chi connectivity index (χ1v) is 9.96. The van der Waals surface area contributed by atoms with Crippen LogP contribution in [0.1, 0.15) is 41.1 Å². The van der Waals surface area contributed by atoms with Gasteiger partial charge >= 0.3 is 0 Å². The fourth-order valence-corrected chi connectivity index (χ4v) is 4.09. The molecule has 1 aliphatic rings. The van der Waals surface area contributed by atoms with Crippen molar-refractivity contribution in [1.82, 2.24) is 0 Å². The van der Waals surface area contributed by atoms with Crippen molar-refractivity contribution in [2.45, 2.75) is 26.0 Å². The first-order valence-electron chi connectivity index (χ1n) is 9.58. The molecule has 0 bridgehead atoms. The van der Waals surface area contributed by atoms with Crippen LogP contribution in [0.5, 0.6) is 0 Å². The Morgan fingerprint density at radius 3 is 2.72 bits per heavy atom. The average Bonchev–Trinajstić information content (AvgIpc) is 2.72. The van der Waals surface area contributed by atoms with Crippen molar-refractivity contribution in [3.8, 4) is 11.1 Å². The molecule has 1 atom stereocenters. The fourth-order valence-electron chi connectivity index (χ4n) is 3.86. The maximum atomic E-state index is 13.6. The quantitative estimate of drug-likeness (QED) is 0.554. The number of Topliss-reactive ketones (excluding diaryl/α,β-unsaturated/α-hetero) is 1. The molecule has 1 N–H and O–H groups in total. The molecule has 5 heteroatoms. The summed E-state index contributed by atoms with van der Waals surface area (Å²) < 4.78 is 13.6. The van der Waals surface area contributed by atoms with Crippen LogP contribution in [0.25, 0.3) is 11.1 Å². The molecule has 3 aromatic rings. The number of benzene rings is 3. The summed E-state index contributed by atoms with van der Waals surface area (Å²) in [6.07, 6.45) is 0.837. The summed E-state index contributed by atoms with van der Waals surface area (Å²) >= 11 is 6.40. The lowest BCUT2D eigenvalue weighted by Gasteiger charge is -2.35. The van der Waals surface area contributed by atoms with Crippen LogP contribution in [0.15, 0.2) is 60.7 Å². The molecule has 0 aliphatic carbocycles. The molecule has 3 nitrogen and oxygen atoms in total. The zero-order valence-corrected chi connectivity index (χ0v) is 16.8. The molecule has 148 valence electrons. The van der Waals surface area contributed by atoms with E-state index in [0.29, 0.717) is 22.7 Å². The highest BCUT2D eigenvalue weighted by molar-refractivity contribution is 6.33. The van der Waals surface area contributed by atoms with Gasteiger partial charge in [0.2, 0.25) is 0 Å². The standard InChI is InChI=1S/C24H21ClFNO2/c1-15(28)16-7-9-22(25)21(14-16)17-8-10-23-18(12-17)5-3-11-27(23)24(29)19-4-2-6-20(26)13-19/h2,4,6-10,12-14,24,29H,3,5,11H2,1H3. The summed E-state index contributed by atoms with van der Waals surface area (Å²) in [7, 11) is 0. The predicted octanol–water partition coefficient (Wildman–Crippen LogP) is 5.79. The van der Waals surface area contributed by atoms with Gasteiger partial charge in [-0.15, -0.1) is 0 Å². The van der Waals surface area contributed by atoms with Crippen LogP contribution < -0.4 is 4.90 Å². The van der Waals surface area contributed by atoms with E-state index in [1.165, 1.54) is 19.1 Å². The molecule has 3 aromatic carbocycles. The molecule has 0 amide bonds. The minimum Gasteiger partial charge on any atom is -0.369 e. The number of nitrogens with zero attached hydrogens (tertiary/aromatic N) is 1. The number of hydrogen-bond acceptors (Lipinski definition) is 3.